The van der Waals surface area contributed by atoms with Crippen LogP contribution in [-0.2, 0) is 9.47 Å². The summed E-state index contributed by atoms with van der Waals surface area (Å²) in [5.41, 5.74) is 2.97. The summed E-state index contributed by atoms with van der Waals surface area (Å²) in [7, 11) is 0. The summed E-state index contributed by atoms with van der Waals surface area (Å²) in [6.07, 6.45) is 7.21. The number of ether oxygens (including phenoxy) is 2. The van der Waals surface area contributed by atoms with E-state index in [1.807, 2.05) is 45.4 Å². The van der Waals surface area contributed by atoms with Crippen molar-refractivity contribution in [2.24, 2.45) is 0 Å². The molecule has 5 rings (SSSR count). The van der Waals surface area contributed by atoms with Crippen LogP contribution < -0.4 is 9.80 Å². The van der Waals surface area contributed by atoms with E-state index >= 15 is 0 Å². The van der Waals surface area contributed by atoms with E-state index in [1.54, 1.807) is 11.0 Å². The summed E-state index contributed by atoms with van der Waals surface area (Å²) >= 11 is 0. The molecule has 36 heavy (non-hydrogen) atoms. The number of fused-ring (bicyclic) bond motifs is 1. The van der Waals surface area contributed by atoms with Crippen molar-refractivity contribution in [1.29, 1.82) is 0 Å². The molecule has 0 bridgehead atoms. The Hall–Kier alpha value is -3.66. The fourth-order valence-electron chi connectivity index (χ4n) is 4.46. The van der Waals surface area contributed by atoms with Gasteiger partial charge in [0.2, 0.25) is 0 Å². The molecular formula is C26H33N7O3. The predicted molar refractivity (Wildman–Crippen MR) is 139 cm³/mol. The van der Waals surface area contributed by atoms with Crippen LogP contribution in [-0.4, -0.2) is 88.4 Å². The molecule has 10 nitrogen and oxygen atoms in total. The van der Waals surface area contributed by atoms with Crippen LogP contribution in [0.5, 0.6) is 0 Å². The molecule has 1 amide bonds. The maximum atomic E-state index is 12.4. The molecule has 2 fully saturated rings. The topological polar surface area (TPSA) is 88.3 Å². The number of imidazole rings is 1. The number of morpholine rings is 1. The minimum absolute atomic E-state index is 0.262. The summed E-state index contributed by atoms with van der Waals surface area (Å²) in [6.45, 7) is 15.1. The number of carbonyl (C=O) groups excluding carboxylic acids is 1. The largest absolute Gasteiger partial charge is 0.444 e. The van der Waals surface area contributed by atoms with Gasteiger partial charge in [-0.2, -0.15) is 0 Å². The number of anilines is 2. The lowest BCUT2D eigenvalue weighted by Gasteiger charge is -2.36. The monoisotopic (exact) mass is 491 g/mol. The van der Waals surface area contributed by atoms with E-state index in [0.29, 0.717) is 39.4 Å². The van der Waals surface area contributed by atoms with E-state index in [2.05, 4.69) is 26.8 Å². The number of pyridine rings is 1. The number of rotatable bonds is 4. The fourth-order valence-corrected chi connectivity index (χ4v) is 4.46. The third kappa shape index (κ3) is 4.99. The summed E-state index contributed by atoms with van der Waals surface area (Å²) in [6, 6.07) is 4.08. The van der Waals surface area contributed by atoms with Crippen molar-refractivity contribution >= 4 is 29.5 Å². The molecule has 0 atom stereocenters. The molecule has 190 valence electrons. The standard InChI is InChI=1S/C26H33N7O3/c1-5-20-18-33-21(17-28-23(24(33)29-20)31-12-14-35-15-13-31)19-6-7-22(27-16-19)30-8-10-32(11-9-30)25(34)36-26(2,3)4/h5-7,16-18H,1,8-15H2,2-4H3. The van der Waals surface area contributed by atoms with E-state index in [0.717, 1.165) is 47.3 Å². The maximum absolute atomic E-state index is 12.4. The van der Waals surface area contributed by atoms with Crippen LogP contribution in [0.1, 0.15) is 26.5 Å². The van der Waals surface area contributed by atoms with Crippen LogP contribution in [0, 0.1) is 0 Å². The van der Waals surface area contributed by atoms with E-state index < -0.39 is 5.60 Å². The summed E-state index contributed by atoms with van der Waals surface area (Å²) in [5.74, 6) is 1.73. The van der Waals surface area contributed by atoms with Crippen LogP contribution in [0.25, 0.3) is 23.0 Å². The lowest BCUT2D eigenvalue weighted by Crippen LogP contribution is -2.50. The second-order valence-electron chi connectivity index (χ2n) is 9.99. The molecule has 10 heteroatoms. The number of nitrogens with zero attached hydrogens (tertiary/aromatic N) is 7. The van der Waals surface area contributed by atoms with Crippen molar-refractivity contribution in [3.05, 3.63) is 43.0 Å². The van der Waals surface area contributed by atoms with Crippen molar-refractivity contribution in [3.8, 4) is 11.3 Å². The molecule has 0 aromatic carbocycles. The van der Waals surface area contributed by atoms with Crippen molar-refractivity contribution in [3.63, 3.8) is 0 Å². The van der Waals surface area contributed by atoms with E-state index in [1.165, 1.54) is 0 Å². The van der Waals surface area contributed by atoms with Gasteiger partial charge in [0.15, 0.2) is 11.5 Å². The number of hydrogen-bond acceptors (Lipinski definition) is 8. The van der Waals surface area contributed by atoms with Gasteiger partial charge in [0, 0.05) is 57.2 Å². The molecule has 0 unspecified atom stereocenters. The van der Waals surface area contributed by atoms with Gasteiger partial charge in [0.25, 0.3) is 0 Å². The van der Waals surface area contributed by atoms with Gasteiger partial charge in [-0.3, -0.25) is 4.40 Å². The molecule has 0 N–H and O–H groups in total. The number of aromatic nitrogens is 4. The third-order valence-electron chi connectivity index (χ3n) is 6.31. The highest BCUT2D eigenvalue weighted by atomic mass is 16.6. The average Bonchev–Trinajstić information content (AvgIpc) is 3.33. The summed E-state index contributed by atoms with van der Waals surface area (Å²) in [5, 5.41) is 0. The van der Waals surface area contributed by atoms with Crippen molar-refractivity contribution in [1.82, 2.24) is 24.3 Å². The maximum Gasteiger partial charge on any atom is 0.410 e. The Balaban J connectivity index is 1.34. The first-order valence-electron chi connectivity index (χ1n) is 12.3. The van der Waals surface area contributed by atoms with Crippen LogP contribution in [0.2, 0.25) is 0 Å². The van der Waals surface area contributed by atoms with Crippen LogP contribution in [0.15, 0.2) is 37.3 Å². The zero-order valence-electron chi connectivity index (χ0n) is 21.2. The second kappa shape index (κ2) is 9.77. The normalized spacial score (nSPS) is 16.9. The number of carbonyl (C=O) groups is 1. The van der Waals surface area contributed by atoms with Crippen molar-refractivity contribution < 1.29 is 14.3 Å². The lowest BCUT2D eigenvalue weighted by atomic mass is 10.2. The van der Waals surface area contributed by atoms with E-state index in [4.69, 9.17) is 24.4 Å². The molecule has 0 aliphatic carbocycles. The van der Waals surface area contributed by atoms with Gasteiger partial charge >= 0.3 is 6.09 Å². The number of piperazine rings is 1. The second-order valence-corrected chi connectivity index (χ2v) is 9.99. The van der Waals surface area contributed by atoms with E-state index in [9.17, 15) is 4.79 Å². The zero-order valence-corrected chi connectivity index (χ0v) is 21.2. The van der Waals surface area contributed by atoms with Crippen LogP contribution >= 0.6 is 0 Å². The average molecular weight is 492 g/mol. The molecule has 2 aliphatic rings. The Morgan fingerprint density at radius 2 is 1.78 bits per heavy atom. The van der Waals surface area contributed by atoms with Crippen LogP contribution in [0.3, 0.4) is 0 Å². The fraction of sp³-hybridized carbons (Fsp3) is 0.462. The van der Waals surface area contributed by atoms with Gasteiger partial charge in [-0.1, -0.05) is 6.58 Å². The highest BCUT2D eigenvalue weighted by Crippen LogP contribution is 2.28. The molecule has 3 aromatic rings. The highest BCUT2D eigenvalue weighted by Gasteiger charge is 2.26. The number of hydrogen-bond donors (Lipinski definition) is 0. The van der Waals surface area contributed by atoms with Gasteiger partial charge in [-0.05, 0) is 39.0 Å². The van der Waals surface area contributed by atoms with Crippen molar-refractivity contribution in [2.45, 2.75) is 26.4 Å². The Kier molecular flexibility index (Phi) is 6.53. The Bertz CT molecular complexity index is 1230. The Morgan fingerprint density at radius 1 is 1.03 bits per heavy atom. The predicted octanol–water partition coefficient (Wildman–Crippen LogP) is 3.33. The SMILES string of the molecule is C=Cc1cn2c(-c3ccc(N4CCN(C(=O)OC(C)(C)C)CC4)nc3)cnc(N3CCOCC3)c2n1. The first kappa shape index (κ1) is 24.1. The molecule has 5 heterocycles. The first-order valence-corrected chi connectivity index (χ1v) is 12.3. The molecule has 0 spiro atoms. The minimum Gasteiger partial charge on any atom is -0.444 e. The number of amides is 1. The first-order chi connectivity index (χ1) is 17.3. The highest BCUT2D eigenvalue weighted by molar-refractivity contribution is 5.73. The van der Waals surface area contributed by atoms with Gasteiger partial charge < -0.3 is 24.2 Å². The summed E-state index contributed by atoms with van der Waals surface area (Å²) in [4.78, 5) is 32.8. The Labute approximate surface area is 211 Å². The van der Waals surface area contributed by atoms with Gasteiger partial charge in [-0.15, -0.1) is 0 Å². The van der Waals surface area contributed by atoms with E-state index in [-0.39, 0.29) is 6.09 Å². The van der Waals surface area contributed by atoms with Crippen molar-refractivity contribution in [2.75, 3.05) is 62.3 Å². The minimum atomic E-state index is -0.492. The molecular weight excluding hydrogens is 458 g/mol. The van der Waals surface area contributed by atoms with Gasteiger partial charge in [-0.25, -0.2) is 19.7 Å². The summed E-state index contributed by atoms with van der Waals surface area (Å²) < 4.78 is 13.1. The van der Waals surface area contributed by atoms with Crippen LogP contribution in [0.4, 0.5) is 16.4 Å². The molecule has 0 radical (unpaired) electrons. The quantitative estimate of drug-likeness (QED) is 0.549. The van der Waals surface area contributed by atoms with Gasteiger partial charge in [0.05, 0.1) is 30.8 Å². The van der Waals surface area contributed by atoms with Gasteiger partial charge in [0.1, 0.15) is 11.4 Å². The molecule has 3 aromatic heterocycles. The molecule has 2 saturated heterocycles. The zero-order chi connectivity index (χ0) is 25.3. The lowest BCUT2D eigenvalue weighted by molar-refractivity contribution is 0.0240. The molecule has 2 aliphatic heterocycles. The molecule has 0 saturated carbocycles. The smallest absolute Gasteiger partial charge is 0.410 e. The Morgan fingerprint density at radius 3 is 2.42 bits per heavy atom. The third-order valence-corrected chi connectivity index (χ3v) is 6.31.